The number of carbonyl (C=O) groups excluding carboxylic acids is 1. The fourth-order valence-electron chi connectivity index (χ4n) is 1.57. The molecule has 2 amide bonds. The minimum Gasteiger partial charge on any atom is -0.481 e. The predicted octanol–water partition coefficient (Wildman–Crippen LogP) is 1.04. The lowest BCUT2D eigenvalue weighted by Gasteiger charge is -2.20. The third kappa shape index (κ3) is 6.34. The number of sulfonamides is 1. The molecule has 130 valence electrons. The lowest BCUT2D eigenvalue weighted by molar-refractivity contribution is -0.141. The Morgan fingerprint density at radius 3 is 2.57 bits per heavy atom. The van der Waals surface area contributed by atoms with Crippen molar-refractivity contribution in [2.24, 2.45) is 5.92 Å². The van der Waals surface area contributed by atoms with Crippen LogP contribution in [-0.2, 0) is 14.8 Å². The van der Waals surface area contributed by atoms with Gasteiger partial charge < -0.3 is 15.3 Å². The molecular weight excluding hydrogens is 366 g/mol. The highest BCUT2D eigenvalue weighted by Gasteiger charge is 2.18. The monoisotopic (exact) mass is 383 g/mol. The number of aliphatic carboxylic acids is 1. The van der Waals surface area contributed by atoms with Gasteiger partial charge in [0.25, 0.3) is 0 Å². The van der Waals surface area contributed by atoms with Crippen LogP contribution in [0.1, 0.15) is 6.92 Å². The maximum atomic E-state index is 11.9. The number of nitrogens with one attached hydrogen (secondary N) is 2. The van der Waals surface area contributed by atoms with Crippen LogP contribution in [0.2, 0.25) is 4.34 Å². The number of amides is 2. The lowest BCUT2D eigenvalue weighted by Crippen LogP contribution is -2.43. The highest BCUT2D eigenvalue weighted by Crippen LogP contribution is 2.25. The fourth-order valence-corrected chi connectivity index (χ4v) is 4.13. The summed E-state index contributed by atoms with van der Waals surface area (Å²) in [6.45, 7) is 1.63. The zero-order valence-electron chi connectivity index (χ0n) is 12.6. The van der Waals surface area contributed by atoms with E-state index in [2.05, 4.69) is 10.0 Å². The van der Waals surface area contributed by atoms with Crippen molar-refractivity contribution in [2.45, 2.75) is 11.1 Å². The summed E-state index contributed by atoms with van der Waals surface area (Å²) in [7, 11) is -2.18. The molecule has 0 aliphatic heterocycles. The molecule has 1 atom stereocenters. The molecule has 0 radical (unpaired) electrons. The number of carboxylic acids is 1. The number of halogens is 1. The van der Waals surface area contributed by atoms with Gasteiger partial charge in [-0.05, 0) is 12.1 Å². The second-order valence-corrected chi connectivity index (χ2v) is 8.52. The van der Waals surface area contributed by atoms with Crippen LogP contribution in [0, 0.1) is 5.92 Å². The van der Waals surface area contributed by atoms with E-state index in [-0.39, 0.29) is 23.8 Å². The van der Waals surface area contributed by atoms with Crippen LogP contribution in [0.25, 0.3) is 0 Å². The standard InChI is InChI=1S/C12H18ClN3O5S2/c1-8(11(17)18)7-16(2)12(19)14-5-6-15-23(20,21)10-4-3-9(13)22-10/h3-4,8,15H,5-7H2,1-2H3,(H,14,19)(H,17,18). The quantitative estimate of drug-likeness (QED) is 0.580. The van der Waals surface area contributed by atoms with Gasteiger partial charge in [-0.3, -0.25) is 4.79 Å². The Hall–Kier alpha value is -1.36. The molecule has 0 aliphatic rings. The molecule has 0 fully saturated rings. The van der Waals surface area contributed by atoms with Gasteiger partial charge in [-0.25, -0.2) is 17.9 Å². The van der Waals surface area contributed by atoms with E-state index in [1.54, 1.807) is 0 Å². The average molecular weight is 384 g/mol. The average Bonchev–Trinajstić information content (AvgIpc) is 2.90. The summed E-state index contributed by atoms with van der Waals surface area (Å²) >= 11 is 6.63. The smallest absolute Gasteiger partial charge is 0.317 e. The SMILES string of the molecule is CC(CN(C)C(=O)NCCNS(=O)(=O)c1ccc(Cl)s1)C(=O)O. The van der Waals surface area contributed by atoms with E-state index < -0.39 is 27.9 Å². The minimum absolute atomic E-state index is 0.00587. The van der Waals surface area contributed by atoms with Crippen molar-refractivity contribution in [3.05, 3.63) is 16.5 Å². The van der Waals surface area contributed by atoms with E-state index in [0.717, 1.165) is 11.3 Å². The summed E-state index contributed by atoms with van der Waals surface area (Å²) in [6, 6.07) is 2.41. The summed E-state index contributed by atoms with van der Waals surface area (Å²) in [5.41, 5.74) is 0. The summed E-state index contributed by atoms with van der Waals surface area (Å²) in [6.07, 6.45) is 0. The van der Waals surface area contributed by atoms with Gasteiger partial charge in [-0.1, -0.05) is 18.5 Å². The first-order chi connectivity index (χ1) is 10.6. The van der Waals surface area contributed by atoms with Crippen molar-refractivity contribution in [3.8, 4) is 0 Å². The first-order valence-corrected chi connectivity index (χ1v) is 9.28. The van der Waals surface area contributed by atoms with Crippen molar-refractivity contribution in [2.75, 3.05) is 26.7 Å². The van der Waals surface area contributed by atoms with Crippen molar-refractivity contribution in [1.29, 1.82) is 0 Å². The van der Waals surface area contributed by atoms with Gasteiger partial charge in [-0.15, -0.1) is 11.3 Å². The Kier molecular flexibility index (Phi) is 7.26. The van der Waals surface area contributed by atoms with Gasteiger partial charge in [-0.2, -0.15) is 0 Å². The van der Waals surface area contributed by atoms with Gasteiger partial charge in [0.1, 0.15) is 4.21 Å². The Balaban J connectivity index is 2.36. The van der Waals surface area contributed by atoms with Crippen LogP contribution >= 0.6 is 22.9 Å². The first-order valence-electron chi connectivity index (χ1n) is 6.60. The highest BCUT2D eigenvalue weighted by atomic mass is 35.5. The molecule has 3 N–H and O–H groups in total. The number of urea groups is 1. The molecule has 1 rings (SSSR count). The van der Waals surface area contributed by atoms with E-state index in [4.69, 9.17) is 16.7 Å². The maximum absolute atomic E-state index is 11.9. The predicted molar refractivity (Wildman–Crippen MR) is 87.3 cm³/mol. The van der Waals surface area contributed by atoms with Crippen molar-refractivity contribution in [3.63, 3.8) is 0 Å². The van der Waals surface area contributed by atoms with E-state index >= 15 is 0 Å². The van der Waals surface area contributed by atoms with Crippen LogP contribution in [-0.4, -0.2) is 57.1 Å². The molecule has 0 spiro atoms. The molecule has 1 aromatic rings. The largest absolute Gasteiger partial charge is 0.481 e. The molecule has 0 saturated carbocycles. The second-order valence-electron chi connectivity index (χ2n) is 4.81. The Bertz CT molecular complexity index is 661. The molecule has 0 bridgehead atoms. The van der Waals surface area contributed by atoms with Crippen molar-refractivity contribution < 1.29 is 23.1 Å². The molecule has 1 heterocycles. The molecular formula is C12H18ClN3O5S2. The van der Waals surface area contributed by atoms with E-state index in [1.165, 1.54) is 31.0 Å². The number of hydrogen-bond acceptors (Lipinski definition) is 5. The summed E-state index contributed by atoms with van der Waals surface area (Å²) in [4.78, 5) is 23.7. The first kappa shape index (κ1) is 19.7. The van der Waals surface area contributed by atoms with Crippen LogP contribution in [0.5, 0.6) is 0 Å². The minimum atomic E-state index is -3.65. The number of hydrogen-bond donors (Lipinski definition) is 3. The second kappa shape index (κ2) is 8.48. The van der Waals surface area contributed by atoms with Crippen LogP contribution < -0.4 is 10.0 Å². The number of nitrogens with zero attached hydrogens (tertiary/aromatic N) is 1. The number of carbonyl (C=O) groups is 2. The van der Waals surface area contributed by atoms with Gasteiger partial charge in [0, 0.05) is 26.7 Å². The lowest BCUT2D eigenvalue weighted by atomic mass is 10.2. The fraction of sp³-hybridized carbons (Fsp3) is 0.500. The van der Waals surface area contributed by atoms with Gasteiger partial charge >= 0.3 is 12.0 Å². The van der Waals surface area contributed by atoms with Crippen LogP contribution in [0.15, 0.2) is 16.3 Å². The normalized spacial score (nSPS) is 12.7. The zero-order chi connectivity index (χ0) is 17.6. The molecule has 23 heavy (non-hydrogen) atoms. The van der Waals surface area contributed by atoms with Crippen LogP contribution in [0.4, 0.5) is 4.79 Å². The topological polar surface area (TPSA) is 116 Å². The Morgan fingerprint density at radius 1 is 1.39 bits per heavy atom. The summed E-state index contributed by atoms with van der Waals surface area (Å²) in [5.74, 6) is -1.68. The summed E-state index contributed by atoms with van der Waals surface area (Å²) < 4.78 is 26.6. The number of thiophene rings is 1. The van der Waals surface area contributed by atoms with E-state index in [0.29, 0.717) is 4.34 Å². The number of carboxylic acid groups (broad SMARTS) is 1. The Morgan fingerprint density at radius 2 is 2.04 bits per heavy atom. The molecule has 1 unspecified atom stereocenters. The summed E-state index contributed by atoms with van der Waals surface area (Å²) in [5, 5.41) is 11.3. The number of rotatable bonds is 8. The molecule has 11 heteroatoms. The van der Waals surface area contributed by atoms with Crippen LogP contribution in [0.3, 0.4) is 0 Å². The third-order valence-corrected chi connectivity index (χ3v) is 6.01. The van der Waals surface area contributed by atoms with Gasteiger partial charge in [0.15, 0.2) is 0 Å². The highest BCUT2D eigenvalue weighted by molar-refractivity contribution is 7.91. The zero-order valence-corrected chi connectivity index (χ0v) is 15.0. The van der Waals surface area contributed by atoms with Gasteiger partial charge in [0.05, 0.1) is 10.3 Å². The molecule has 0 aromatic carbocycles. The van der Waals surface area contributed by atoms with Crippen molar-refractivity contribution in [1.82, 2.24) is 14.9 Å². The van der Waals surface area contributed by atoms with E-state index in [1.807, 2.05) is 0 Å². The molecule has 8 nitrogen and oxygen atoms in total. The molecule has 0 aliphatic carbocycles. The van der Waals surface area contributed by atoms with E-state index in [9.17, 15) is 18.0 Å². The Labute approximate surface area is 143 Å². The third-order valence-electron chi connectivity index (χ3n) is 2.82. The van der Waals surface area contributed by atoms with Gasteiger partial charge in [0.2, 0.25) is 10.0 Å². The van der Waals surface area contributed by atoms with Crippen molar-refractivity contribution >= 4 is 45.0 Å². The molecule has 1 aromatic heterocycles. The maximum Gasteiger partial charge on any atom is 0.317 e. The molecule has 0 saturated heterocycles.